The van der Waals surface area contributed by atoms with Crippen molar-refractivity contribution >= 4 is 11.6 Å². The highest BCUT2D eigenvalue weighted by Crippen LogP contribution is 2.12. The van der Waals surface area contributed by atoms with Gasteiger partial charge in [-0.2, -0.15) is 5.10 Å². The first kappa shape index (κ1) is 13.0. The molecule has 0 aliphatic carbocycles. The Bertz CT molecular complexity index is 410. The molecule has 1 aliphatic rings. The Kier molecular flexibility index (Phi) is 4.27. The predicted octanol–water partition coefficient (Wildman–Crippen LogP) is 0.168. The number of nitrogens with one attached hydrogen (secondary N) is 2. The lowest BCUT2D eigenvalue weighted by molar-refractivity contribution is -0.117. The van der Waals surface area contributed by atoms with E-state index in [0.717, 1.165) is 0 Å². The van der Waals surface area contributed by atoms with Gasteiger partial charge in [-0.15, -0.1) is 0 Å². The topological polar surface area (TPSA) is 68.2 Å². The number of carbonyl (C=O) groups excluding carboxylic acids is 1. The first-order chi connectivity index (χ1) is 8.69. The average Bonchev–Trinajstić information content (AvgIpc) is 2.96. The summed E-state index contributed by atoms with van der Waals surface area (Å²) in [5.74, 6) is -0.221. The Morgan fingerprint density at radius 2 is 2.61 bits per heavy atom. The minimum absolute atomic E-state index is 0.221. The summed E-state index contributed by atoms with van der Waals surface area (Å²) in [6, 6.07) is -0.456. The van der Waals surface area contributed by atoms with Gasteiger partial charge >= 0.3 is 0 Å². The number of hydrogen-bond acceptors (Lipinski definition) is 4. The van der Waals surface area contributed by atoms with E-state index in [2.05, 4.69) is 15.7 Å². The van der Waals surface area contributed by atoms with Gasteiger partial charge < -0.3 is 15.4 Å². The third-order valence-electron chi connectivity index (χ3n) is 2.82. The third kappa shape index (κ3) is 3.27. The molecule has 0 saturated carbocycles. The van der Waals surface area contributed by atoms with Gasteiger partial charge in [0.1, 0.15) is 6.17 Å². The second kappa shape index (κ2) is 5.92. The van der Waals surface area contributed by atoms with E-state index in [9.17, 15) is 9.18 Å². The van der Waals surface area contributed by atoms with E-state index in [1.165, 1.54) is 0 Å². The molecule has 2 rings (SSSR count). The molecule has 1 aromatic rings. The first-order valence-electron chi connectivity index (χ1n) is 5.88. The molecule has 1 aliphatic heterocycles. The quantitative estimate of drug-likeness (QED) is 0.788. The summed E-state index contributed by atoms with van der Waals surface area (Å²) in [6.07, 6.45) is 2.57. The number of rotatable bonds is 5. The van der Waals surface area contributed by atoms with Crippen molar-refractivity contribution in [2.24, 2.45) is 0 Å². The number of halogens is 1. The summed E-state index contributed by atoms with van der Waals surface area (Å²) in [5, 5.41) is 9.62. The van der Waals surface area contributed by atoms with E-state index in [1.807, 2.05) is 0 Å². The molecule has 0 spiro atoms. The van der Waals surface area contributed by atoms with Crippen molar-refractivity contribution < 1.29 is 13.9 Å². The van der Waals surface area contributed by atoms with Crippen LogP contribution in [0, 0.1) is 0 Å². The molecule has 6 nitrogen and oxygen atoms in total. The molecule has 1 fully saturated rings. The predicted molar refractivity (Wildman–Crippen MR) is 64.0 cm³/mol. The molecule has 2 heterocycles. The van der Waals surface area contributed by atoms with Gasteiger partial charge in [-0.3, -0.25) is 9.48 Å². The lowest BCUT2D eigenvalue weighted by atomic mass is 10.2. The Balaban J connectivity index is 1.85. The zero-order valence-electron chi connectivity index (χ0n) is 10.2. The maximum absolute atomic E-state index is 12.9. The van der Waals surface area contributed by atoms with Crippen molar-refractivity contribution in [3.63, 3.8) is 0 Å². The Hall–Kier alpha value is -1.47. The molecule has 0 radical (unpaired) electrons. The molecule has 0 unspecified atom stereocenters. The summed E-state index contributed by atoms with van der Waals surface area (Å²) < 4.78 is 19.6. The lowest BCUT2D eigenvalue weighted by Gasteiger charge is -2.08. The van der Waals surface area contributed by atoms with Crippen molar-refractivity contribution in [1.82, 2.24) is 15.1 Å². The highest BCUT2D eigenvalue weighted by atomic mass is 19.1. The van der Waals surface area contributed by atoms with Crippen molar-refractivity contribution in [3.8, 4) is 0 Å². The van der Waals surface area contributed by atoms with Gasteiger partial charge in [-0.1, -0.05) is 0 Å². The van der Waals surface area contributed by atoms with Crippen molar-refractivity contribution in [1.29, 1.82) is 0 Å². The standard InChI is InChI=1S/C11H17FN4O2/c1-18-3-2-16-7-9(6-14-16)15-11(17)10-4-8(12)5-13-10/h6-8,10,13H,2-5H2,1H3,(H,15,17)/t8-,10+/m0/s1. The number of hydrogen-bond donors (Lipinski definition) is 2. The molecule has 7 heteroatoms. The number of alkyl halides is 1. The smallest absolute Gasteiger partial charge is 0.241 e. The molecule has 2 N–H and O–H groups in total. The van der Waals surface area contributed by atoms with Crippen molar-refractivity contribution in [2.75, 3.05) is 25.6 Å². The normalized spacial score (nSPS) is 23.2. The zero-order valence-corrected chi connectivity index (χ0v) is 10.2. The first-order valence-corrected chi connectivity index (χ1v) is 5.88. The van der Waals surface area contributed by atoms with Crippen LogP contribution in [0.5, 0.6) is 0 Å². The molecule has 2 atom stereocenters. The van der Waals surface area contributed by atoms with Gasteiger partial charge in [-0.05, 0) is 0 Å². The lowest BCUT2D eigenvalue weighted by Crippen LogP contribution is -2.35. The molecular formula is C11H17FN4O2. The number of anilines is 1. The average molecular weight is 256 g/mol. The Morgan fingerprint density at radius 3 is 3.28 bits per heavy atom. The zero-order chi connectivity index (χ0) is 13.0. The van der Waals surface area contributed by atoms with Crippen LogP contribution < -0.4 is 10.6 Å². The molecule has 0 bridgehead atoms. The van der Waals surface area contributed by atoms with Crippen molar-refractivity contribution in [2.45, 2.75) is 25.2 Å². The van der Waals surface area contributed by atoms with Gasteiger partial charge in [0.25, 0.3) is 0 Å². The van der Waals surface area contributed by atoms with Crippen LogP contribution in [0.15, 0.2) is 12.4 Å². The molecule has 1 saturated heterocycles. The van der Waals surface area contributed by atoms with Crippen LogP contribution in [0.1, 0.15) is 6.42 Å². The van der Waals surface area contributed by atoms with Crippen LogP contribution in [-0.2, 0) is 16.1 Å². The van der Waals surface area contributed by atoms with Crippen LogP contribution in [0.2, 0.25) is 0 Å². The molecule has 100 valence electrons. The van der Waals surface area contributed by atoms with E-state index < -0.39 is 12.2 Å². The number of methoxy groups -OCH3 is 1. The summed E-state index contributed by atoms with van der Waals surface area (Å²) in [4.78, 5) is 11.8. The molecule has 18 heavy (non-hydrogen) atoms. The number of amides is 1. The summed E-state index contributed by atoms with van der Waals surface area (Å²) in [6.45, 7) is 1.43. The minimum atomic E-state index is -0.940. The van der Waals surface area contributed by atoms with Gasteiger partial charge in [0.15, 0.2) is 0 Å². The third-order valence-corrected chi connectivity index (χ3v) is 2.82. The van der Waals surface area contributed by atoms with Crippen LogP contribution in [0.4, 0.5) is 10.1 Å². The maximum Gasteiger partial charge on any atom is 0.241 e. The highest BCUT2D eigenvalue weighted by Gasteiger charge is 2.29. The molecule has 1 aromatic heterocycles. The molecular weight excluding hydrogens is 239 g/mol. The fourth-order valence-electron chi connectivity index (χ4n) is 1.86. The largest absolute Gasteiger partial charge is 0.383 e. The van der Waals surface area contributed by atoms with E-state index in [1.54, 1.807) is 24.2 Å². The summed E-state index contributed by atoms with van der Waals surface area (Å²) >= 11 is 0. The van der Waals surface area contributed by atoms with Crippen LogP contribution in [-0.4, -0.2) is 48.2 Å². The van der Waals surface area contributed by atoms with Crippen LogP contribution in [0.3, 0.4) is 0 Å². The van der Waals surface area contributed by atoms with Gasteiger partial charge in [0, 0.05) is 26.3 Å². The van der Waals surface area contributed by atoms with E-state index in [-0.39, 0.29) is 18.9 Å². The fraction of sp³-hybridized carbons (Fsp3) is 0.636. The molecule has 1 amide bonds. The highest BCUT2D eigenvalue weighted by molar-refractivity contribution is 5.94. The second-order valence-electron chi connectivity index (χ2n) is 4.27. The summed E-state index contributed by atoms with van der Waals surface area (Å²) in [5.41, 5.74) is 0.611. The molecule has 0 aromatic carbocycles. The van der Waals surface area contributed by atoms with Crippen LogP contribution >= 0.6 is 0 Å². The van der Waals surface area contributed by atoms with Gasteiger partial charge in [0.05, 0.1) is 31.1 Å². The SMILES string of the molecule is COCCn1cc(NC(=O)[C@H]2C[C@H](F)CN2)cn1. The van der Waals surface area contributed by atoms with Crippen LogP contribution in [0.25, 0.3) is 0 Å². The van der Waals surface area contributed by atoms with E-state index in [4.69, 9.17) is 4.74 Å². The minimum Gasteiger partial charge on any atom is -0.383 e. The number of nitrogens with zero attached hydrogens (tertiary/aromatic N) is 2. The Labute approximate surface area is 104 Å². The van der Waals surface area contributed by atoms with Gasteiger partial charge in [-0.25, -0.2) is 4.39 Å². The number of ether oxygens (including phenoxy) is 1. The summed E-state index contributed by atoms with van der Waals surface area (Å²) in [7, 11) is 1.62. The second-order valence-corrected chi connectivity index (χ2v) is 4.27. The Morgan fingerprint density at radius 1 is 1.78 bits per heavy atom. The van der Waals surface area contributed by atoms with E-state index >= 15 is 0 Å². The maximum atomic E-state index is 12.9. The van der Waals surface area contributed by atoms with Crippen molar-refractivity contribution in [3.05, 3.63) is 12.4 Å². The monoisotopic (exact) mass is 256 g/mol. The number of carbonyl (C=O) groups is 1. The number of aromatic nitrogens is 2. The van der Waals surface area contributed by atoms with E-state index in [0.29, 0.717) is 18.8 Å². The fourth-order valence-corrected chi connectivity index (χ4v) is 1.86. The van der Waals surface area contributed by atoms with Gasteiger partial charge in [0.2, 0.25) is 5.91 Å².